The van der Waals surface area contributed by atoms with Gasteiger partial charge in [0.15, 0.2) is 17.4 Å². The zero-order valence-electron chi connectivity index (χ0n) is 20.1. The Labute approximate surface area is 208 Å². The lowest BCUT2D eigenvalue weighted by atomic mass is 9.99. The molecule has 0 radical (unpaired) electrons. The van der Waals surface area contributed by atoms with E-state index in [1.807, 2.05) is 42.5 Å². The summed E-state index contributed by atoms with van der Waals surface area (Å²) in [6.45, 7) is 4.70. The molecule has 3 N–H and O–H groups in total. The van der Waals surface area contributed by atoms with Gasteiger partial charge in [-0.1, -0.05) is 25.1 Å². The van der Waals surface area contributed by atoms with Gasteiger partial charge in [-0.15, -0.1) is 0 Å². The molecule has 0 saturated carbocycles. The summed E-state index contributed by atoms with van der Waals surface area (Å²) in [5.74, 6) is 0.790. The van der Waals surface area contributed by atoms with E-state index in [-0.39, 0.29) is 5.88 Å². The van der Waals surface area contributed by atoms with E-state index in [1.165, 1.54) is 7.11 Å². The Kier molecular flexibility index (Phi) is 6.60. The van der Waals surface area contributed by atoms with Crippen molar-refractivity contribution < 1.29 is 24.1 Å². The molecule has 0 bridgehead atoms. The largest absolute Gasteiger partial charge is 0.494 e. The van der Waals surface area contributed by atoms with E-state index in [0.717, 1.165) is 35.3 Å². The summed E-state index contributed by atoms with van der Waals surface area (Å²) in [4.78, 5) is 20.0. The van der Waals surface area contributed by atoms with Gasteiger partial charge in [0.25, 0.3) is 0 Å². The number of aliphatic imine (C=N–C) groups is 1. The first kappa shape index (κ1) is 23.4. The zero-order chi connectivity index (χ0) is 25.1. The third kappa shape index (κ3) is 4.63. The Morgan fingerprint density at radius 2 is 1.78 bits per heavy atom. The molecule has 0 atom stereocenters. The second-order valence-corrected chi connectivity index (χ2v) is 8.37. The van der Waals surface area contributed by atoms with Crippen LogP contribution in [0.25, 0.3) is 10.9 Å². The number of hydrogen-bond acceptors (Lipinski definition) is 7. The maximum Gasteiger partial charge on any atom is 0.337 e. The standard InChI is InChI=1S/C28H27N3O5/c1-3-29-16-17-4-8-20(9-5-17)30-26(18-7-11-23-24(15-18)36-13-12-35-23)25-21-10-6-19(28(33)34-2)14-22(21)31-27(25)32/h4-11,14-15,29,31-32H,3,12-13,16H2,1-2H3. The number of H-pyrrole nitrogens is 1. The number of carbonyl (C=O) groups is 1. The molecule has 4 aromatic rings. The number of aromatic hydroxyl groups is 1. The number of nitrogens with zero attached hydrogens (tertiary/aromatic N) is 1. The topological polar surface area (TPSA) is 105 Å². The molecule has 5 rings (SSSR count). The zero-order valence-corrected chi connectivity index (χ0v) is 20.1. The molecule has 1 aliphatic rings. The van der Waals surface area contributed by atoms with Gasteiger partial charge >= 0.3 is 5.97 Å². The molecular formula is C28H27N3O5. The van der Waals surface area contributed by atoms with Crippen LogP contribution in [0.4, 0.5) is 5.69 Å². The fourth-order valence-electron chi connectivity index (χ4n) is 4.21. The Hall–Kier alpha value is -4.30. The molecule has 36 heavy (non-hydrogen) atoms. The van der Waals surface area contributed by atoms with Crippen molar-refractivity contribution in [3.8, 4) is 17.4 Å². The number of benzene rings is 3. The Bertz CT molecular complexity index is 1440. The van der Waals surface area contributed by atoms with Gasteiger partial charge in [-0.2, -0.15) is 0 Å². The number of methoxy groups -OCH3 is 1. The molecule has 8 heteroatoms. The number of fused-ring (bicyclic) bond motifs is 2. The lowest BCUT2D eigenvalue weighted by molar-refractivity contribution is 0.0601. The SMILES string of the molecule is CCNCc1ccc(N=C(c2ccc3c(c2)OCCO3)c2c(O)[nH]c3cc(C(=O)OC)ccc23)cc1. The van der Waals surface area contributed by atoms with E-state index >= 15 is 0 Å². The smallest absolute Gasteiger partial charge is 0.337 e. The Balaban J connectivity index is 1.64. The molecule has 0 amide bonds. The van der Waals surface area contributed by atoms with Gasteiger partial charge in [-0.25, -0.2) is 9.79 Å². The number of hydrogen-bond donors (Lipinski definition) is 3. The number of nitrogens with one attached hydrogen (secondary N) is 2. The molecule has 0 unspecified atom stereocenters. The summed E-state index contributed by atoms with van der Waals surface area (Å²) in [5, 5.41) is 15.0. The van der Waals surface area contributed by atoms with E-state index in [0.29, 0.717) is 47.1 Å². The lowest BCUT2D eigenvalue weighted by Crippen LogP contribution is -2.16. The number of ether oxygens (including phenoxy) is 3. The van der Waals surface area contributed by atoms with Crippen LogP contribution < -0.4 is 14.8 Å². The molecule has 1 aliphatic heterocycles. The lowest BCUT2D eigenvalue weighted by Gasteiger charge is -2.19. The van der Waals surface area contributed by atoms with Crippen molar-refractivity contribution in [2.24, 2.45) is 4.99 Å². The van der Waals surface area contributed by atoms with Crippen LogP contribution in [-0.4, -0.2) is 48.6 Å². The number of carbonyl (C=O) groups excluding carboxylic acids is 1. The van der Waals surface area contributed by atoms with Gasteiger partial charge in [0, 0.05) is 23.0 Å². The minimum Gasteiger partial charge on any atom is -0.494 e. The van der Waals surface area contributed by atoms with Crippen LogP contribution in [0, 0.1) is 0 Å². The van der Waals surface area contributed by atoms with E-state index in [9.17, 15) is 9.90 Å². The average molecular weight is 486 g/mol. The van der Waals surface area contributed by atoms with Crippen molar-refractivity contribution in [3.63, 3.8) is 0 Å². The molecular weight excluding hydrogens is 458 g/mol. The Morgan fingerprint density at radius 3 is 2.53 bits per heavy atom. The highest BCUT2D eigenvalue weighted by atomic mass is 16.6. The van der Waals surface area contributed by atoms with Crippen molar-refractivity contribution in [2.45, 2.75) is 13.5 Å². The fourth-order valence-corrected chi connectivity index (χ4v) is 4.21. The maximum atomic E-state index is 12.0. The highest BCUT2D eigenvalue weighted by molar-refractivity contribution is 6.22. The number of rotatable bonds is 7. The first-order valence-electron chi connectivity index (χ1n) is 11.8. The second kappa shape index (κ2) is 10.1. The van der Waals surface area contributed by atoms with Crippen LogP contribution in [0.15, 0.2) is 65.7 Å². The average Bonchev–Trinajstić information content (AvgIpc) is 3.25. The number of aromatic nitrogens is 1. The van der Waals surface area contributed by atoms with Crippen LogP contribution in [0.1, 0.15) is 34.0 Å². The van der Waals surface area contributed by atoms with Crippen molar-refractivity contribution >= 4 is 28.3 Å². The van der Waals surface area contributed by atoms with E-state index in [1.54, 1.807) is 18.2 Å². The maximum absolute atomic E-state index is 12.0. The predicted molar refractivity (Wildman–Crippen MR) is 138 cm³/mol. The van der Waals surface area contributed by atoms with E-state index in [4.69, 9.17) is 19.2 Å². The minimum atomic E-state index is -0.453. The van der Waals surface area contributed by atoms with Gasteiger partial charge < -0.3 is 29.6 Å². The highest BCUT2D eigenvalue weighted by Crippen LogP contribution is 2.36. The normalized spacial score (nSPS) is 13.1. The molecule has 0 saturated heterocycles. The summed E-state index contributed by atoms with van der Waals surface area (Å²) in [6.07, 6.45) is 0. The summed E-state index contributed by atoms with van der Waals surface area (Å²) in [7, 11) is 1.33. The second-order valence-electron chi connectivity index (χ2n) is 8.37. The first-order valence-corrected chi connectivity index (χ1v) is 11.8. The van der Waals surface area contributed by atoms with Crippen molar-refractivity contribution in [2.75, 3.05) is 26.9 Å². The Morgan fingerprint density at radius 1 is 1.03 bits per heavy atom. The third-order valence-corrected chi connectivity index (χ3v) is 6.01. The fraction of sp³-hybridized carbons (Fsp3) is 0.214. The number of esters is 1. The molecule has 0 fully saturated rings. The van der Waals surface area contributed by atoms with E-state index < -0.39 is 5.97 Å². The highest BCUT2D eigenvalue weighted by Gasteiger charge is 2.22. The summed E-state index contributed by atoms with van der Waals surface area (Å²) in [5.41, 5.74) is 4.70. The first-order chi connectivity index (χ1) is 17.6. The molecule has 1 aromatic heterocycles. The van der Waals surface area contributed by atoms with Crippen LogP contribution in [0.3, 0.4) is 0 Å². The van der Waals surface area contributed by atoms with Gasteiger partial charge in [-0.05, 0) is 54.6 Å². The molecule has 8 nitrogen and oxygen atoms in total. The monoisotopic (exact) mass is 485 g/mol. The van der Waals surface area contributed by atoms with Gasteiger partial charge in [0.05, 0.1) is 29.6 Å². The number of aromatic amines is 1. The van der Waals surface area contributed by atoms with Crippen molar-refractivity contribution in [3.05, 3.63) is 82.9 Å². The molecule has 184 valence electrons. The predicted octanol–water partition coefficient (Wildman–Crippen LogP) is 4.71. The van der Waals surface area contributed by atoms with Gasteiger partial charge in [-0.3, -0.25) is 0 Å². The van der Waals surface area contributed by atoms with Crippen LogP contribution in [0.5, 0.6) is 17.4 Å². The third-order valence-electron chi connectivity index (χ3n) is 6.01. The van der Waals surface area contributed by atoms with Gasteiger partial charge in [0.2, 0.25) is 0 Å². The van der Waals surface area contributed by atoms with Crippen molar-refractivity contribution in [1.82, 2.24) is 10.3 Å². The van der Waals surface area contributed by atoms with Crippen LogP contribution in [-0.2, 0) is 11.3 Å². The van der Waals surface area contributed by atoms with Gasteiger partial charge in [0.1, 0.15) is 13.2 Å². The molecule has 2 heterocycles. The summed E-state index contributed by atoms with van der Waals surface area (Å²) >= 11 is 0. The van der Waals surface area contributed by atoms with Crippen LogP contribution in [0.2, 0.25) is 0 Å². The minimum absolute atomic E-state index is 0.0515. The molecule has 0 spiro atoms. The van der Waals surface area contributed by atoms with Crippen LogP contribution >= 0.6 is 0 Å². The molecule has 3 aromatic carbocycles. The molecule has 0 aliphatic carbocycles. The quantitative estimate of drug-likeness (QED) is 0.259. The van der Waals surface area contributed by atoms with Crippen molar-refractivity contribution in [1.29, 1.82) is 0 Å². The van der Waals surface area contributed by atoms with E-state index in [2.05, 4.69) is 17.2 Å². The summed E-state index contributed by atoms with van der Waals surface area (Å²) < 4.78 is 16.3. The summed E-state index contributed by atoms with van der Waals surface area (Å²) in [6, 6.07) is 18.7.